The van der Waals surface area contributed by atoms with Crippen molar-refractivity contribution in [2.75, 3.05) is 0 Å². The van der Waals surface area contributed by atoms with E-state index in [4.69, 9.17) is 11.6 Å². The monoisotopic (exact) mass is 239 g/mol. The van der Waals surface area contributed by atoms with Crippen molar-refractivity contribution in [1.29, 1.82) is 0 Å². The van der Waals surface area contributed by atoms with Crippen LogP contribution in [-0.2, 0) is 5.41 Å². The molecule has 0 saturated carbocycles. The predicted molar refractivity (Wildman–Crippen MR) is 68.1 cm³/mol. The Bertz CT molecular complexity index is 508. The lowest BCUT2D eigenvalue weighted by atomic mass is 9.98. The van der Waals surface area contributed by atoms with Gasteiger partial charge in [0.05, 0.1) is 20.2 Å². The maximum absolute atomic E-state index is 6.26. The fraction of sp³-hybridized carbons (Fsp3) is 0.417. The Balaban J connectivity index is 2.72. The molecule has 0 atom stereocenters. The zero-order valence-electron chi connectivity index (χ0n) is 9.39. The Morgan fingerprint density at radius 2 is 1.93 bits per heavy atom. The van der Waals surface area contributed by atoms with Crippen LogP contribution in [0.25, 0.3) is 10.2 Å². The van der Waals surface area contributed by atoms with E-state index in [1.807, 2.05) is 19.1 Å². The number of hydrogen-bond acceptors (Lipinski definition) is 2. The van der Waals surface area contributed by atoms with Crippen LogP contribution < -0.4 is 0 Å². The Hall–Kier alpha value is -0.600. The molecule has 0 aliphatic carbocycles. The molecular weight excluding hydrogens is 226 g/mol. The lowest BCUT2D eigenvalue weighted by molar-refractivity contribution is 0.587. The molecule has 3 heteroatoms. The predicted octanol–water partition coefficient (Wildman–Crippen LogP) is 4.56. The van der Waals surface area contributed by atoms with Gasteiger partial charge in [-0.3, -0.25) is 0 Å². The lowest BCUT2D eigenvalue weighted by Gasteiger charge is -2.13. The zero-order valence-corrected chi connectivity index (χ0v) is 11.0. The summed E-state index contributed by atoms with van der Waals surface area (Å²) < 4.78 is 1.11. The molecule has 0 radical (unpaired) electrons. The minimum Gasteiger partial charge on any atom is -0.241 e. The molecule has 2 aromatic rings. The number of benzene rings is 1. The molecule has 0 bridgehead atoms. The first-order valence-corrected chi connectivity index (χ1v) is 6.15. The van der Waals surface area contributed by atoms with Crippen molar-refractivity contribution in [3.8, 4) is 0 Å². The highest BCUT2D eigenvalue weighted by molar-refractivity contribution is 7.19. The number of nitrogens with zero attached hydrogens (tertiary/aromatic N) is 1. The summed E-state index contributed by atoms with van der Waals surface area (Å²) in [6.45, 7) is 8.54. The molecule has 0 spiro atoms. The Morgan fingerprint density at radius 1 is 1.27 bits per heavy atom. The van der Waals surface area contributed by atoms with Crippen LogP contribution in [0.1, 0.15) is 31.3 Å². The highest BCUT2D eigenvalue weighted by Gasteiger charge is 2.19. The second kappa shape index (κ2) is 3.46. The molecule has 0 N–H and O–H groups in total. The van der Waals surface area contributed by atoms with E-state index in [0.29, 0.717) is 0 Å². The van der Waals surface area contributed by atoms with Gasteiger partial charge in [0.25, 0.3) is 0 Å². The van der Waals surface area contributed by atoms with Gasteiger partial charge in [-0.15, -0.1) is 11.3 Å². The summed E-state index contributed by atoms with van der Waals surface area (Å²) in [6.07, 6.45) is 0. The maximum atomic E-state index is 6.26. The number of hydrogen-bond donors (Lipinski definition) is 0. The highest BCUT2D eigenvalue weighted by Crippen LogP contribution is 2.36. The fourth-order valence-electron chi connectivity index (χ4n) is 1.38. The molecule has 0 unspecified atom stereocenters. The molecule has 0 saturated heterocycles. The lowest BCUT2D eigenvalue weighted by Crippen LogP contribution is -2.09. The van der Waals surface area contributed by atoms with Crippen molar-refractivity contribution in [2.24, 2.45) is 0 Å². The minimum atomic E-state index is 0.0981. The quantitative estimate of drug-likeness (QED) is 0.657. The summed E-state index contributed by atoms with van der Waals surface area (Å²) in [7, 11) is 0. The molecule has 0 aliphatic heterocycles. The van der Waals surface area contributed by atoms with Gasteiger partial charge in [-0.05, 0) is 18.6 Å². The Morgan fingerprint density at radius 3 is 2.53 bits per heavy atom. The van der Waals surface area contributed by atoms with E-state index in [-0.39, 0.29) is 5.41 Å². The van der Waals surface area contributed by atoms with Crippen molar-refractivity contribution in [2.45, 2.75) is 33.1 Å². The molecule has 1 nitrogen and oxygen atoms in total. The molecule has 2 rings (SSSR count). The number of rotatable bonds is 0. The van der Waals surface area contributed by atoms with E-state index in [2.05, 4.69) is 25.8 Å². The van der Waals surface area contributed by atoms with Gasteiger partial charge in [0.1, 0.15) is 0 Å². The number of aromatic nitrogens is 1. The average Bonchev–Trinajstić information content (AvgIpc) is 2.55. The summed E-state index contributed by atoms with van der Waals surface area (Å²) in [4.78, 5) is 4.62. The summed E-state index contributed by atoms with van der Waals surface area (Å²) >= 11 is 7.96. The van der Waals surface area contributed by atoms with Crippen molar-refractivity contribution in [3.63, 3.8) is 0 Å². The first kappa shape index (κ1) is 10.9. The second-order valence-electron chi connectivity index (χ2n) is 4.81. The van der Waals surface area contributed by atoms with Crippen LogP contribution in [0.3, 0.4) is 0 Å². The molecule has 1 aromatic heterocycles. The van der Waals surface area contributed by atoms with E-state index in [0.717, 1.165) is 25.8 Å². The van der Waals surface area contributed by atoms with Crippen molar-refractivity contribution >= 4 is 33.2 Å². The Kier molecular flexibility index (Phi) is 2.52. The first-order chi connectivity index (χ1) is 6.89. The van der Waals surface area contributed by atoms with Gasteiger partial charge in [-0.25, -0.2) is 4.98 Å². The van der Waals surface area contributed by atoms with Crippen LogP contribution in [0.2, 0.25) is 5.02 Å². The Labute approximate surface area is 99.1 Å². The van der Waals surface area contributed by atoms with Crippen LogP contribution in [0.5, 0.6) is 0 Å². The summed E-state index contributed by atoms with van der Waals surface area (Å²) in [5.74, 6) is 0. The van der Waals surface area contributed by atoms with Crippen LogP contribution >= 0.6 is 22.9 Å². The maximum Gasteiger partial charge on any atom is 0.0992 e. The minimum absolute atomic E-state index is 0.0981. The van der Waals surface area contributed by atoms with E-state index < -0.39 is 0 Å². The fourth-order valence-corrected chi connectivity index (χ4v) is 2.77. The van der Waals surface area contributed by atoms with Crippen molar-refractivity contribution < 1.29 is 0 Å². The third kappa shape index (κ3) is 1.88. The van der Waals surface area contributed by atoms with E-state index in [1.54, 1.807) is 11.3 Å². The summed E-state index contributed by atoms with van der Waals surface area (Å²) in [5.41, 5.74) is 2.23. The van der Waals surface area contributed by atoms with E-state index >= 15 is 0 Å². The van der Waals surface area contributed by atoms with Gasteiger partial charge < -0.3 is 0 Å². The van der Waals surface area contributed by atoms with Crippen molar-refractivity contribution in [3.05, 3.63) is 27.7 Å². The third-order valence-electron chi connectivity index (χ3n) is 2.33. The van der Waals surface area contributed by atoms with E-state index in [1.165, 1.54) is 0 Å². The van der Waals surface area contributed by atoms with Crippen LogP contribution in [-0.4, -0.2) is 4.98 Å². The molecule has 15 heavy (non-hydrogen) atoms. The summed E-state index contributed by atoms with van der Waals surface area (Å²) in [5, 5.41) is 1.99. The molecule has 1 aromatic carbocycles. The van der Waals surface area contributed by atoms with Crippen LogP contribution in [0.4, 0.5) is 0 Å². The molecule has 0 amide bonds. The molecule has 80 valence electrons. The number of halogens is 1. The highest BCUT2D eigenvalue weighted by atomic mass is 35.5. The standard InChI is InChI=1S/C12H14ClNS/c1-7-5-6-8-10(9(7)13)15-11(14-8)12(2,3)4/h5-6H,1-4H3. The molecular formula is C12H14ClNS. The summed E-state index contributed by atoms with van der Waals surface area (Å²) in [6, 6.07) is 4.07. The first-order valence-electron chi connectivity index (χ1n) is 4.96. The van der Waals surface area contributed by atoms with Crippen LogP contribution in [0.15, 0.2) is 12.1 Å². The molecule has 0 aliphatic rings. The largest absolute Gasteiger partial charge is 0.241 e. The smallest absolute Gasteiger partial charge is 0.0992 e. The SMILES string of the molecule is Cc1ccc2nc(C(C)(C)C)sc2c1Cl. The topological polar surface area (TPSA) is 12.9 Å². The normalized spacial score (nSPS) is 12.3. The van der Waals surface area contributed by atoms with Crippen molar-refractivity contribution in [1.82, 2.24) is 4.98 Å². The average molecular weight is 240 g/mol. The second-order valence-corrected chi connectivity index (χ2v) is 6.19. The van der Waals surface area contributed by atoms with Gasteiger partial charge in [-0.1, -0.05) is 38.4 Å². The van der Waals surface area contributed by atoms with Gasteiger partial charge in [-0.2, -0.15) is 0 Å². The van der Waals surface area contributed by atoms with E-state index in [9.17, 15) is 0 Å². The third-order valence-corrected chi connectivity index (χ3v) is 4.45. The van der Waals surface area contributed by atoms with Gasteiger partial charge >= 0.3 is 0 Å². The number of fused-ring (bicyclic) bond motifs is 1. The van der Waals surface area contributed by atoms with Gasteiger partial charge in [0.15, 0.2) is 0 Å². The van der Waals surface area contributed by atoms with Gasteiger partial charge in [0, 0.05) is 5.41 Å². The number of aryl methyl sites for hydroxylation is 1. The molecule has 0 fully saturated rings. The number of thiazole rings is 1. The molecule has 1 heterocycles. The zero-order chi connectivity index (χ0) is 11.2. The van der Waals surface area contributed by atoms with Crippen LogP contribution in [0, 0.1) is 6.92 Å². The van der Waals surface area contributed by atoms with Gasteiger partial charge in [0.2, 0.25) is 0 Å².